The number of sulfone groups is 1. The van der Waals surface area contributed by atoms with Crippen molar-refractivity contribution in [3.63, 3.8) is 0 Å². The predicted octanol–water partition coefficient (Wildman–Crippen LogP) is 3.38. The van der Waals surface area contributed by atoms with Gasteiger partial charge >= 0.3 is 6.36 Å². The lowest BCUT2D eigenvalue weighted by Gasteiger charge is -2.14. The van der Waals surface area contributed by atoms with Gasteiger partial charge in [0, 0.05) is 18.2 Å². The van der Waals surface area contributed by atoms with E-state index in [2.05, 4.69) is 26.8 Å². The number of carbonyl (C=O) groups is 1. The first kappa shape index (κ1) is 24.1. The summed E-state index contributed by atoms with van der Waals surface area (Å²) < 4.78 is 65.9. The Morgan fingerprint density at radius 2 is 2.06 bits per heavy atom. The van der Waals surface area contributed by atoms with E-state index >= 15 is 0 Å². The third kappa shape index (κ3) is 6.25. The van der Waals surface area contributed by atoms with E-state index in [9.17, 15) is 26.4 Å². The summed E-state index contributed by atoms with van der Waals surface area (Å²) in [6, 6.07) is 4.80. The summed E-state index contributed by atoms with van der Waals surface area (Å²) in [7, 11) is -3.10. The van der Waals surface area contributed by atoms with Crippen molar-refractivity contribution in [1.82, 2.24) is 14.8 Å². The maximum absolute atomic E-state index is 12.5. The number of nitrogens with one attached hydrogen (secondary N) is 1. The van der Waals surface area contributed by atoms with Crippen LogP contribution >= 0.6 is 11.8 Å². The molecule has 174 valence electrons. The van der Waals surface area contributed by atoms with Crippen LogP contribution in [0.4, 0.5) is 18.9 Å². The lowest BCUT2D eigenvalue weighted by atomic mass is 10.1. The molecule has 1 aliphatic rings. The van der Waals surface area contributed by atoms with Gasteiger partial charge in [0.05, 0.1) is 16.8 Å². The number of carbonyl (C=O) groups excluding carboxylic acids is 1. The number of amides is 1. The first-order chi connectivity index (χ1) is 15.0. The zero-order chi connectivity index (χ0) is 23.5. The van der Waals surface area contributed by atoms with Crippen LogP contribution < -0.4 is 10.1 Å². The summed E-state index contributed by atoms with van der Waals surface area (Å²) in [5.41, 5.74) is 0.307. The molecule has 0 aliphatic carbocycles. The van der Waals surface area contributed by atoms with Gasteiger partial charge in [-0.3, -0.25) is 4.79 Å². The largest absolute Gasteiger partial charge is 0.573 e. The Kier molecular flexibility index (Phi) is 7.18. The minimum absolute atomic E-state index is 0.0109. The van der Waals surface area contributed by atoms with Crippen LogP contribution in [-0.2, 0) is 21.2 Å². The Bertz CT molecular complexity index is 1080. The third-order valence-corrected chi connectivity index (χ3v) is 7.51. The second-order valence-corrected chi connectivity index (χ2v) is 10.7. The van der Waals surface area contributed by atoms with Gasteiger partial charge in [-0.1, -0.05) is 17.8 Å². The highest BCUT2D eigenvalue weighted by Crippen LogP contribution is 2.31. The molecule has 0 unspecified atom stereocenters. The average Bonchev–Trinajstić information content (AvgIpc) is 3.25. The van der Waals surface area contributed by atoms with Gasteiger partial charge in [0.25, 0.3) is 0 Å². The van der Waals surface area contributed by atoms with Gasteiger partial charge in [-0.05, 0) is 37.6 Å². The Labute approximate surface area is 187 Å². The van der Waals surface area contributed by atoms with Crippen molar-refractivity contribution >= 4 is 33.2 Å². The number of nitrogens with zero attached hydrogens (tertiary/aromatic N) is 3. The van der Waals surface area contributed by atoms with Crippen molar-refractivity contribution in [3.05, 3.63) is 42.7 Å². The molecule has 1 aromatic heterocycles. The lowest BCUT2D eigenvalue weighted by molar-refractivity contribution is -0.274. The number of ether oxygens (including phenoxy) is 1. The van der Waals surface area contributed by atoms with Crippen molar-refractivity contribution in [2.75, 3.05) is 16.8 Å². The van der Waals surface area contributed by atoms with Crippen LogP contribution in [0.1, 0.15) is 25.1 Å². The molecule has 1 aromatic carbocycles. The van der Waals surface area contributed by atoms with Crippen molar-refractivity contribution in [3.8, 4) is 5.75 Å². The number of halogens is 3. The van der Waals surface area contributed by atoms with E-state index in [0.717, 1.165) is 23.9 Å². The average molecular weight is 491 g/mol. The molecule has 0 spiro atoms. The molecule has 1 N–H and O–H groups in total. The van der Waals surface area contributed by atoms with E-state index in [-0.39, 0.29) is 17.4 Å². The number of rotatable bonds is 8. The maximum atomic E-state index is 12.5. The fourth-order valence-electron chi connectivity index (χ4n) is 3.18. The first-order valence-corrected chi connectivity index (χ1v) is 12.3. The van der Waals surface area contributed by atoms with Crippen LogP contribution in [0.5, 0.6) is 5.75 Å². The van der Waals surface area contributed by atoms with E-state index in [0.29, 0.717) is 29.6 Å². The van der Waals surface area contributed by atoms with Gasteiger partial charge in [-0.15, -0.1) is 29.9 Å². The number of thioether (sulfide) groups is 1. The normalized spacial score (nSPS) is 18.8. The van der Waals surface area contributed by atoms with Crippen LogP contribution in [-0.4, -0.2) is 52.2 Å². The van der Waals surface area contributed by atoms with Gasteiger partial charge in [-0.25, -0.2) is 8.42 Å². The Morgan fingerprint density at radius 3 is 2.62 bits per heavy atom. The molecule has 0 radical (unpaired) electrons. The van der Waals surface area contributed by atoms with Crippen molar-refractivity contribution in [1.29, 1.82) is 0 Å². The van der Waals surface area contributed by atoms with Gasteiger partial charge in [0.2, 0.25) is 5.91 Å². The highest BCUT2D eigenvalue weighted by Gasteiger charge is 2.34. The van der Waals surface area contributed by atoms with Gasteiger partial charge < -0.3 is 14.6 Å². The molecule has 8 nitrogen and oxygen atoms in total. The number of anilines is 1. The van der Waals surface area contributed by atoms with Crippen LogP contribution in [0.25, 0.3) is 0 Å². The third-order valence-electron chi connectivity index (χ3n) is 4.66. The van der Waals surface area contributed by atoms with Gasteiger partial charge in [-0.2, -0.15) is 0 Å². The molecule has 2 heterocycles. The Balaban J connectivity index is 1.66. The van der Waals surface area contributed by atoms with Crippen LogP contribution in [0, 0.1) is 0 Å². The van der Waals surface area contributed by atoms with Crippen molar-refractivity contribution < 1.29 is 31.1 Å². The molecule has 1 amide bonds. The van der Waals surface area contributed by atoms with E-state index in [1.54, 1.807) is 17.6 Å². The SMILES string of the molecule is C=CCn1c(S[C@@H](C)C(=O)Nc2ccc(OC(F)(F)F)cc2)nnc1[C@@H]1CCS(=O)(=O)C1. The summed E-state index contributed by atoms with van der Waals surface area (Å²) in [4.78, 5) is 12.5. The Morgan fingerprint density at radius 1 is 1.38 bits per heavy atom. The van der Waals surface area contributed by atoms with Crippen molar-refractivity contribution in [2.24, 2.45) is 0 Å². The number of benzene rings is 1. The van der Waals surface area contributed by atoms with E-state index in [4.69, 9.17) is 0 Å². The van der Waals surface area contributed by atoms with E-state index in [1.807, 2.05) is 0 Å². The second-order valence-electron chi connectivity index (χ2n) is 7.16. The number of hydrogen-bond acceptors (Lipinski definition) is 7. The molecule has 3 rings (SSSR count). The molecule has 2 aromatic rings. The molecule has 1 saturated heterocycles. The molecule has 1 aliphatic heterocycles. The molecule has 0 saturated carbocycles. The molecule has 0 bridgehead atoms. The Hall–Kier alpha value is -2.54. The molecule has 32 heavy (non-hydrogen) atoms. The minimum atomic E-state index is -4.79. The molecular formula is C19H21F3N4O4S2. The molecular weight excluding hydrogens is 469 g/mol. The van der Waals surface area contributed by atoms with Crippen LogP contribution in [0.15, 0.2) is 42.1 Å². The zero-order valence-electron chi connectivity index (χ0n) is 17.0. The number of aromatic nitrogens is 3. The fourth-order valence-corrected chi connectivity index (χ4v) is 5.79. The van der Waals surface area contributed by atoms with E-state index in [1.165, 1.54) is 12.1 Å². The van der Waals surface area contributed by atoms with Crippen LogP contribution in [0.3, 0.4) is 0 Å². The number of alkyl halides is 3. The quantitative estimate of drug-likeness (QED) is 0.447. The fraction of sp³-hybridized carbons (Fsp3) is 0.421. The maximum Gasteiger partial charge on any atom is 0.573 e. The summed E-state index contributed by atoms with van der Waals surface area (Å²) >= 11 is 1.13. The summed E-state index contributed by atoms with van der Waals surface area (Å²) in [5.74, 6) is -0.386. The smallest absolute Gasteiger partial charge is 0.406 e. The number of hydrogen-bond donors (Lipinski definition) is 1. The number of allylic oxidation sites excluding steroid dienone is 1. The standard InChI is InChI=1S/C19H21F3N4O4S2/c1-3-9-26-16(13-8-10-32(28,29)11-13)24-25-18(26)31-12(2)17(27)23-14-4-6-15(7-5-14)30-19(20,21)22/h3-7,12-13H,1,8-11H2,2H3,(H,23,27)/t12-,13+/m0/s1. The molecule has 1 fully saturated rings. The summed E-state index contributed by atoms with van der Waals surface area (Å²) in [5, 5.41) is 10.7. The minimum Gasteiger partial charge on any atom is -0.406 e. The zero-order valence-corrected chi connectivity index (χ0v) is 18.6. The van der Waals surface area contributed by atoms with Gasteiger partial charge in [0.15, 0.2) is 15.0 Å². The lowest BCUT2D eigenvalue weighted by Crippen LogP contribution is -2.23. The molecule has 13 heteroatoms. The highest BCUT2D eigenvalue weighted by atomic mass is 32.2. The van der Waals surface area contributed by atoms with E-state index < -0.39 is 33.1 Å². The predicted molar refractivity (Wildman–Crippen MR) is 113 cm³/mol. The van der Waals surface area contributed by atoms with Gasteiger partial charge in [0.1, 0.15) is 11.6 Å². The summed E-state index contributed by atoms with van der Waals surface area (Å²) in [6.45, 7) is 5.71. The summed E-state index contributed by atoms with van der Waals surface area (Å²) in [6.07, 6.45) is -2.69. The first-order valence-electron chi connectivity index (χ1n) is 9.55. The van der Waals surface area contributed by atoms with Crippen molar-refractivity contribution in [2.45, 2.75) is 42.6 Å². The van der Waals surface area contributed by atoms with Crippen LogP contribution in [0.2, 0.25) is 0 Å². The molecule has 2 atom stereocenters. The topological polar surface area (TPSA) is 103 Å². The monoisotopic (exact) mass is 490 g/mol. The highest BCUT2D eigenvalue weighted by molar-refractivity contribution is 8.00. The second kappa shape index (κ2) is 9.53.